The zero-order chi connectivity index (χ0) is 22.3. The number of benzene rings is 3. The first kappa shape index (κ1) is 22.4. The molecular formula is C24H23FN2O3S. The van der Waals surface area contributed by atoms with E-state index in [0.29, 0.717) is 11.1 Å². The van der Waals surface area contributed by atoms with Crippen LogP contribution in [-0.4, -0.2) is 25.2 Å². The van der Waals surface area contributed by atoms with Crippen LogP contribution in [0.2, 0.25) is 0 Å². The van der Waals surface area contributed by atoms with Crippen LogP contribution in [0.3, 0.4) is 0 Å². The Morgan fingerprint density at radius 3 is 2.26 bits per heavy atom. The van der Waals surface area contributed by atoms with E-state index >= 15 is 0 Å². The molecule has 7 heteroatoms. The first-order valence-corrected chi connectivity index (χ1v) is 11.1. The Balaban J connectivity index is 1.69. The van der Waals surface area contributed by atoms with Crippen LogP contribution in [0.5, 0.6) is 0 Å². The van der Waals surface area contributed by atoms with Crippen molar-refractivity contribution in [1.29, 1.82) is 0 Å². The van der Waals surface area contributed by atoms with E-state index < -0.39 is 10.0 Å². The second-order valence-electron chi connectivity index (χ2n) is 6.87. The predicted molar refractivity (Wildman–Crippen MR) is 118 cm³/mol. The summed E-state index contributed by atoms with van der Waals surface area (Å²) in [5.74, 6) is -0.713. The highest BCUT2D eigenvalue weighted by Gasteiger charge is 2.23. The Bertz CT molecular complexity index is 1150. The van der Waals surface area contributed by atoms with Crippen LogP contribution in [0, 0.1) is 5.82 Å². The predicted octanol–water partition coefficient (Wildman–Crippen LogP) is 4.13. The molecule has 3 aromatic carbocycles. The number of hydrogen-bond acceptors (Lipinski definition) is 3. The van der Waals surface area contributed by atoms with Crippen LogP contribution in [0.4, 0.5) is 4.39 Å². The molecule has 0 bridgehead atoms. The van der Waals surface area contributed by atoms with Crippen molar-refractivity contribution in [2.24, 2.45) is 0 Å². The lowest BCUT2D eigenvalue weighted by Gasteiger charge is -2.21. The van der Waals surface area contributed by atoms with Gasteiger partial charge in [-0.3, -0.25) is 4.79 Å². The van der Waals surface area contributed by atoms with Gasteiger partial charge in [0, 0.05) is 30.8 Å². The monoisotopic (exact) mass is 438 g/mol. The van der Waals surface area contributed by atoms with Crippen molar-refractivity contribution in [3.8, 4) is 0 Å². The maximum absolute atomic E-state index is 13.7. The third-order valence-electron chi connectivity index (χ3n) is 4.69. The van der Waals surface area contributed by atoms with E-state index in [1.165, 1.54) is 16.4 Å². The molecule has 5 nitrogen and oxygen atoms in total. The van der Waals surface area contributed by atoms with Crippen molar-refractivity contribution in [3.63, 3.8) is 0 Å². The maximum Gasteiger partial charge on any atom is 0.251 e. The minimum absolute atomic E-state index is 0.0791. The van der Waals surface area contributed by atoms with Crippen LogP contribution in [0.15, 0.2) is 96.4 Å². The van der Waals surface area contributed by atoms with E-state index in [1.54, 1.807) is 72.8 Å². The fourth-order valence-electron chi connectivity index (χ4n) is 3.02. The number of hydrogen-bond donors (Lipinski definition) is 1. The first-order valence-electron chi connectivity index (χ1n) is 9.68. The molecule has 0 atom stereocenters. The van der Waals surface area contributed by atoms with Gasteiger partial charge in [0.1, 0.15) is 5.82 Å². The molecule has 0 spiro atoms. The van der Waals surface area contributed by atoms with Crippen molar-refractivity contribution in [3.05, 3.63) is 114 Å². The van der Waals surface area contributed by atoms with Crippen molar-refractivity contribution < 1.29 is 17.6 Å². The summed E-state index contributed by atoms with van der Waals surface area (Å²) in [5, 5.41) is 2.68. The maximum atomic E-state index is 13.7. The molecule has 0 fully saturated rings. The Kier molecular flexibility index (Phi) is 7.33. The minimum atomic E-state index is -3.68. The van der Waals surface area contributed by atoms with Gasteiger partial charge in [-0.05, 0) is 35.9 Å². The molecule has 0 aromatic heterocycles. The minimum Gasteiger partial charge on any atom is -0.348 e. The third kappa shape index (κ3) is 5.65. The fourth-order valence-corrected chi connectivity index (χ4v) is 4.44. The largest absolute Gasteiger partial charge is 0.348 e. The summed E-state index contributed by atoms with van der Waals surface area (Å²) in [6, 6.07) is 21.1. The van der Waals surface area contributed by atoms with E-state index in [2.05, 4.69) is 11.9 Å². The van der Waals surface area contributed by atoms with E-state index in [9.17, 15) is 17.6 Å². The highest BCUT2D eigenvalue weighted by molar-refractivity contribution is 7.89. The molecule has 0 saturated heterocycles. The van der Waals surface area contributed by atoms with Crippen molar-refractivity contribution in [1.82, 2.24) is 9.62 Å². The average Bonchev–Trinajstić information content (AvgIpc) is 2.79. The highest BCUT2D eigenvalue weighted by atomic mass is 32.2. The number of amides is 1. The molecule has 31 heavy (non-hydrogen) atoms. The Hall–Kier alpha value is -3.29. The molecular weight excluding hydrogens is 415 g/mol. The van der Waals surface area contributed by atoms with E-state index in [0.717, 1.165) is 5.56 Å². The molecule has 0 unspecified atom stereocenters. The number of nitrogens with zero attached hydrogens (tertiary/aromatic N) is 1. The second-order valence-corrected chi connectivity index (χ2v) is 8.81. The summed E-state index contributed by atoms with van der Waals surface area (Å²) < 4.78 is 40.9. The summed E-state index contributed by atoms with van der Waals surface area (Å²) >= 11 is 0. The molecule has 1 amide bonds. The first-order chi connectivity index (χ1) is 14.9. The summed E-state index contributed by atoms with van der Waals surface area (Å²) in [6.07, 6.45) is 1.53. The normalized spacial score (nSPS) is 11.3. The van der Waals surface area contributed by atoms with Crippen LogP contribution in [-0.2, 0) is 23.1 Å². The fraction of sp³-hybridized carbons (Fsp3) is 0.125. The molecule has 0 saturated carbocycles. The number of carbonyl (C=O) groups excluding carboxylic acids is 1. The summed E-state index contributed by atoms with van der Waals surface area (Å²) in [6.45, 7) is 4.03. The van der Waals surface area contributed by atoms with Gasteiger partial charge in [-0.15, -0.1) is 6.58 Å². The van der Waals surface area contributed by atoms with Crippen molar-refractivity contribution in [2.75, 3.05) is 6.54 Å². The lowest BCUT2D eigenvalue weighted by atomic mass is 10.1. The number of carbonyl (C=O) groups is 1. The third-order valence-corrected chi connectivity index (χ3v) is 6.51. The van der Waals surface area contributed by atoms with E-state index in [1.807, 2.05) is 0 Å². The standard InChI is InChI=1S/C24H23FN2O3S/c1-2-16-27(31(29,30)22-9-4-3-5-10-22)18-19-12-14-20(15-13-19)24(28)26-17-21-8-6-7-11-23(21)25/h2-15H,1,16-18H2,(H,26,28). The number of rotatable bonds is 9. The molecule has 0 aliphatic heterocycles. The molecule has 3 rings (SSSR count). The van der Waals surface area contributed by atoms with E-state index in [-0.39, 0.29) is 36.3 Å². The van der Waals surface area contributed by atoms with Gasteiger partial charge in [-0.1, -0.05) is 54.6 Å². The molecule has 0 heterocycles. The zero-order valence-electron chi connectivity index (χ0n) is 16.9. The molecule has 0 aliphatic rings. The van der Waals surface area contributed by atoms with Crippen LogP contribution < -0.4 is 5.32 Å². The van der Waals surface area contributed by atoms with Gasteiger partial charge in [-0.25, -0.2) is 12.8 Å². The molecule has 0 aliphatic carbocycles. The second kappa shape index (κ2) is 10.1. The summed E-state index contributed by atoms with van der Waals surface area (Å²) in [7, 11) is -3.68. The van der Waals surface area contributed by atoms with Gasteiger partial charge in [0.05, 0.1) is 4.90 Å². The Morgan fingerprint density at radius 1 is 0.968 bits per heavy atom. The smallest absolute Gasteiger partial charge is 0.251 e. The number of sulfonamides is 1. The zero-order valence-corrected chi connectivity index (χ0v) is 17.7. The van der Waals surface area contributed by atoms with Gasteiger partial charge < -0.3 is 5.32 Å². The van der Waals surface area contributed by atoms with Gasteiger partial charge in [0.2, 0.25) is 10.0 Å². The lowest BCUT2D eigenvalue weighted by molar-refractivity contribution is 0.0950. The van der Waals surface area contributed by atoms with Crippen LogP contribution in [0.1, 0.15) is 21.5 Å². The Labute approximate surface area is 181 Å². The van der Waals surface area contributed by atoms with Crippen LogP contribution >= 0.6 is 0 Å². The average molecular weight is 439 g/mol. The van der Waals surface area contributed by atoms with Gasteiger partial charge in [-0.2, -0.15) is 4.31 Å². The van der Waals surface area contributed by atoms with Crippen LogP contribution in [0.25, 0.3) is 0 Å². The molecule has 0 radical (unpaired) electrons. The number of nitrogens with one attached hydrogen (secondary N) is 1. The quantitative estimate of drug-likeness (QED) is 0.511. The Morgan fingerprint density at radius 2 is 1.61 bits per heavy atom. The highest BCUT2D eigenvalue weighted by Crippen LogP contribution is 2.18. The summed E-state index contributed by atoms with van der Waals surface area (Å²) in [4.78, 5) is 12.6. The van der Waals surface area contributed by atoms with Crippen molar-refractivity contribution >= 4 is 15.9 Å². The topological polar surface area (TPSA) is 66.5 Å². The lowest BCUT2D eigenvalue weighted by Crippen LogP contribution is -2.30. The summed E-state index contributed by atoms with van der Waals surface area (Å²) in [5.41, 5.74) is 1.53. The van der Waals surface area contributed by atoms with Gasteiger partial charge in [0.15, 0.2) is 0 Å². The van der Waals surface area contributed by atoms with E-state index in [4.69, 9.17) is 0 Å². The molecule has 160 valence electrons. The van der Waals surface area contributed by atoms with Gasteiger partial charge in [0.25, 0.3) is 5.91 Å². The van der Waals surface area contributed by atoms with Gasteiger partial charge >= 0.3 is 0 Å². The molecule has 1 N–H and O–H groups in total. The van der Waals surface area contributed by atoms with Crippen molar-refractivity contribution in [2.45, 2.75) is 18.0 Å². The molecule has 3 aromatic rings. The number of halogens is 1. The SMILES string of the molecule is C=CCN(Cc1ccc(C(=O)NCc2ccccc2F)cc1)S(=O)(=O)c1ccccc1.